The maximum absolute atomic E-state index is 12.8. The van der Waals surface area contributed by atoms with Gasteiger partial charge in [-0.3, -0.25) is 9.69 Å². The molecule has 2 aliphatic heterocycles. The van der Waals surface area contributed by atoms with Crippen molar-refractivity contribution >= 4 is 5.91 Å². The number of nitrogens with zero attached hydrogens (tertiary/aromatic N) is 4. The number of likely N-dealkylation sites (N-methyl/N-ethyl adjacent to an activating group) is 1. The molecular weight excluding hydrogens is 328 g/mol. The molecule has 0 aliphatic carbocycles. The van der Waals surface area contributed by atoms with E-state index in [9.17, 15) is 4.79 Å². The lowest BCUT2D eigenvalue weighted by Crippen LogP contribution is -2.41. The second kappa shape index (κ2) is 7.17. The fourth-order valence-corrected chi connectivity index (χ4v) is 4.40. The van der Waals surface area contributed by atoms with Gasteiger partial charge in [0, 0.05) is 13.1 Å². The van der Waals surface area contributed by atoms with Crippen molar-refractivity contribution in [2.24, 2.45) is 5.41 Å². The maximum atomic E-state index is 12.8. The number of para-hydroxylation sites is 1. The van der Waals surface area contributed by atoms with Crippen LogP contribution in [0.5, 0.6) is 0 Å². The number of benzene rings is 1. The van der Waals surface area contributed by atoms with Crippen LogP contribution < -0.4 is 10.6 Å². The molecule has 7 heteroatoms. The van der Waals surface area contributed by atoms with Crippen molar-refractivity contribution in [1.29, 1.82) is 0 Å². The molecule has 4 rings (SSSR count). The molecule has 1 aromatic carbocycles. The lowest BCUT2D eigenvalue weighted by atomic mass is 9.77. The van der Waals surface area contributed by atoms with Crippen LogP contribution in [0.1, 0.15) is 24.8 Å². The minimum Gasteiger partial charge on any atom is -0.351 e. The van der Waals surface area contributed by atoms with E-state index in [1.807, 2.05) is 24.3 Å². The first-order chi connectivity index (χ1) is 12.7. The number of hydrogen-bond donors (Lipinski definition) is 2. The van der Waals surface area contributed by atoms with Crippen LogP contribution in [0.3, 0.4) is 0 Å². The van der Waals surface area contributed by atoms with Crippen LogP contribution in [0.4, 0.5) is 0 Å². The molecule has 2 aromatic rings. The Hall–Kier alpha value is -2.25. The minimum atomic E-state index is -0.0355. The van der Waals surface area contributed by atoms with Gasteiger partial charge in [0.2, 0.25) is 5.91 Å². The Labute approximate surface area is 153 Å². The van der Waals surface area contributed by atoms with Crippen LogP contribution in [0.2, 0.25) is 0 Å². The molecule has 3 heterocycles. The molecular formula is C19H26N6O. The van der Waals surface area contributed by atoms with Gasteiger partial charge in [0.25, 0.3) is 0 Å². The average molecular weight is 354 g/mol. The number of carbonyl (C=O) groups is 1. The number of amides is 1. The number of piperidine rings is 1. The highest BCUT2D eigenvalue weighted by atomic mass is 16.2. The molecule has 0 bridgehead atoms. The van der Waals surface area contributed by atoms with Gasteiger partial charge in [-0.2, -0.15) is 5.10 Å². The van der Waals surface area contributed by atoms with Crippen molar-refractivity contribution in [1.82, 2.24) is 30.3 Å². The van der Waals surface area contributed by atoms with Gasteiger partial charge in [-0.15, -0.1) is 0 Å². The maximum Gasteiger partial charge on any atom is 0.237 e. The molecule has 1 amide bonds. The summed E-state index contributed by atoms with van der Waals surface area (Å²) in [5.41, 5.74) is 2.28. The van der Waals surface area contributed by atoms with E-state index in [1.165, 1.54) is 6.33 Å². The van der Waals surface area contributed by atoms with E-state index in [1.54, 1.807) is 11.0 Å². The molecule has 2 N–H and O–H groups in total. The zero-order valence-electron chi connectivity index (χ0n) is 15.2. The molecule has 26 heavy (non-hydrogen) atoms. The van der Waals surface area contributed by atoms with Crippen LogP contribution in [0, 0.1) is 5.41 Å². The molecule has 2 fully saturated rings. The summed E-state index contributed by atoms with van der Waals surface area (Å²) in [6.07, 6.45) is 6.47. The highest BCUT2D eigenvalue weighted by molar-refractivity contribution is 5.82. The predicted molar refractivity (Wildman–Crippen MR) is 98.8 cm³/mol. The first-order valence-electron chi connectivity index (χ1n) is 9.28. The fraction of sp³-hybridized carbons (Fsp3) is 0.526. The van der Waals surface area contributed by atoms with Crippen LogP contribution >= 0.6 is 0 Å². The van der Waals surface area contributed by atoms with Gasteiger partial charge in [-0.05, 0) is 56.4 Å². The molecule has 1 aromatic heterocycles. The van der Waals surface area contributed by atoms with Crippen molar-refractivity contribution in [2.45, 2.75) is 31.8 Å². The van der Waals surface area contributed by atoms with Gasteiger partial charge in [0.05, 0.1) is 11.7 Å². The zero-order chi connectivity index (χ0) is 18.0. The van der Waals surface area contributed by atoms with Crippen LogP contribution in [0.15, 0.2) is 36.9 Å². The molecule has 7 nitrogen and oxygen atoms in total. The van der Waals surface area contributed by atoms with Gasteiger partial charge in [0.1, 0.15) is 12.7 Å². The van der Waals surface area contributed by atoms with Gasteiger partial charge in [-0.1, -0.05) is 18.2 Å². The largest absolute Gasteiger partial charge is 0.351 e. The number of hydrogen-bond acceptors (Lipinski definition) is 5. The first-order valence-corrected chi connectivity index (χ1v) is 9.28. The van der Waals surface area contributed by atoms with Gasteiger partial charge < -0.3 is 10.6 Å². The summed E-state index contributed by atoms with van der Waals surface area (Å²) in [7, 11) is 2.07. The fourth-order valence-electron chi connectivity index (χ4n) is 4.40. The summed E-state index contributed by atoms with van der Waals surface area (Å²) in [5.74, 6) is 0.122. The number of rotatable bonds is 4. The monoisotopic (exact) mass is 354 g/mol. The van der Waals surface area contributed by atoms with Crippen LogP contribution in [-0.2, 0) is 11.3 Å². The molecule has 0 saturated carbocycles. The van der Waals surface area contributed by atoms with E-state index < -0.39 is 0 Å². The second-order valence-corrected chi connectivity index (χ2v) is 7.57. The summed E-state index contributed by atoms with van der Waals surface area (Å²) in [4.78, 5) is 19.1. The predicted octanol–water partition coefficient (Wildman–Crippen LogP) is 0.957. The SMILES string of the molecule is CN1CC2(CCNCC2)CC1C(=O)NCc1ccccc1-n1cncn1. The molecule has 2 saturated heterocycles. The quantitative estimate of drug-likeness (QED) is 0.855. The second-order valence-electron chi connectivity index (χ2n) is 7.57. The van der Waals surface area contributed by atoms with Crippen molar-refractivity contribution in [3.63, 3.8) is 0 Å². The Kier molecular flexibility index (Phi) is 4.74. The number of likely N-dealkylation sites (tertiary alicyclic amines) is 1. The normalized spacial score (nSPS) is 22.6. The van der Waals surface area contributed by atoms with E-state index in [0.717, 1.165) is 50.1 Å². The number of carbonyl (C=O) groups excluding carboxylic acids is 1. The summed E-state index contributed by atoms with van der Waals surface area (Å²) in [5, 5.41) is 10.8. The lowest BCUT2D eigenvalue weighted by molar-refractivity contribution is -0.125. The van der Waals surface area contributed by atoms with Gasteiger partial charge in [-0.25, -0.2) is 9.67 Å². The topological polar surface area (TPSA) is 75.1 Å². The summed E-state index contributed by atoms with van der Waals surface area (Å²) >= 11 is 0. The average Bonchev–Trinajstić information content (AvgIpc) is 3.29. The third-order valence-corrected chi connectivity index (χ3v) is 5.82. The lowest BCUT2D eigenvalue weighted by Gasteiger charge is -2.33. The first kappa shape index (κ1) is 17.2. The third-order valence-electron chi connectivity index (χ3n) is 5.82. The Morgan fingerprint density at radius 3 is 2.92 bits per heavy atom. The van der Waals surface area contributed by atoms with Crippen molar-refractivity contribution < 1.29 is 4.79 Å². The van der Waals surface area contributed by atoms with Crippen molar-refractivity contribution in [3.05, 3.63) is 42.5 Å². The molecule has 1 spiro atoms. The van der Waals surface area contributed by atoms with Gasteiger partial charge >= 0.3 is 0 Å². The Morgan fingerprint density at radius 2 is 2.15 bits per heavy atom. The zero-order valence-corrected chi connectivity index (χ0v) is 15.2. The van der Waals surface area contributed by atoms with Crippen molar-refractivity contribution in [2.75, 3.05) is 26.7 Å². The Morgan fingerprint density at radius 1 is 1.35 bits per heavy atom. The highest BCUT2D eigenvalue weighted by Gasteiger charge is 2.45. The van der Waals surface area contributed by atoms with E-state index >= 15 is 0 Å². The Bertz CT molecular complexity index is 753. The standard InChI is InChI=1S/C19H26N6O/c1-24-12-19(6-8-20-9-7-19)10-17(24)18(26)22-11-15-4-2-3-5-16(15)25-14-21-13-23-25/h2-5,13-14,17,20H,6-12H2,1H3,(H,22,26). The van der Waals surface area contributed by atoms with Gasteiger partial charge in [0.15, 0.2) is 0 Å². The van der Waals surface area contributed by atoms with Crippen LogP contribution in [-0.4, -0.2) is 58.3 Å². The number of nitrogens with one attached hydrogen (secondary N) is 2. The van der Waals surface area contributed by atoms with Crippen LogP contribution in [0.25, 0.3) is 5.69 Å². The number of aromatic nitrogens is 3. The summed E-state index contributed by atoms with van der Waals surface area (Å²) < 4.78 is 1.73. The molecule has 0 radical (unpaired) electrons. The molecule has 138 valence electrons. The van der Waals surface area contributed by atoms with E-state index in [0.29, 0.717) is 12.0 Å². The third kappa shape index (κ3) is 3.37. The Balaban J connectivity index is 1.42. The smallest absolute Gasteiger partial charge is 0.237 e. The van der Waals surface area contributed by atoms with E-state index in [4.69, 9.17) is 0 Å². The summed E-state index contributed by atoms with van der Waals surface area (Å²) in [6.45, 7) is 3.64. The molecule has 1 atom stereocenters. The van der Waals surface area contributed by atoms with E-state index in [2.05, 4.69) is 32.7 Å². The van der Waals surface area contributed by atoms with E-state index in [-0.39, 0.29) is 11.9 Å². The molecule has 2 aliphatic rings. The molecule has 1 unspecified atom stereocenters. The minimum absolute atomic E-state index is 0.0355. The summed E-state index contributed by atoms with van der Waals surface area (Å²) in [6, 6.07) is 7.92. The highest BCUT2D eigenvalue weighted by Crippen LogP contribution is 2.41. The van der Waals surface area contributed by atoms with Crippen molar-refractivity contribution in [3.8, 4) is 5.69 Å².